The molecule has 1 aliphatic rings. The zero-order valence-corrected chi connectivity index (χ0v) is 19.4. The Morgan fingerprint density at radius 1 is 0.919 bits per heavy atom. The van der Waals surface area contributed by atoms with Gasteiger partial charge in [-0.15, -0.1) is 0 Å². The van der Waals surface area contributed by atoms with E-state index in [0.717, 1.165) is 24.3 Å². The first-order chi connectivity index (χ1) is 17.0. The van der Waals surface area contributed by atoms with Gasteiger partial charge in [0, 0.05) is 12.5 Å². The first-order valence-electron chi connectivity index (χ1n) is 11.4. The molecule has 1 heterocycles. The standard InChI is InChI=1S/C25H24F9NO2/c26-23(27,28)10-7-21(35-11-8-18(9-12-35)25(32,33)34)19-6-1-15(14-22(36)37)13-20(19)16-2-4-17(5-3-16)24(29,30)31/h1-6,13,18,21H,7-12,14H2,(H,36,37). The third-order valence-electron chi connectivity index (χ3n) is 6.49. The molecule has 0 bridgehead atoms. The number of carboxylic acid groups (broad SMARTS) is 1. The van der Waals surface area contributed by atoms with E-state index in [-0.39, 0.29) is 48.2 Å². The van der Waals surface area contributed by atoms with Gasteiger partial charge in [0.1, 0.15) is 0 Å². The predicted molar refractivity (Wildman–Crippen MR) is 117 cm³/mol. The van der Waals surface area contributed by atoms with Gasteiger partial charge in [0.2, 0.25) is 0 Å². The van der Waals surface area contributed by atoms with Crippen LogP contribution in [0.4, 0.5) is 39.5 Å². The van der Waals surface area contributed by atoms with Crippen molar-refractivity contribution in [3.8, 4) is 11.1 Å². The second-order valence-electron chi connectivity index (χ2n) is 9.09. The van der Waals surface area contributed by atoms with Crippen LogP contribution in [0.3, 0.4) is 0 Å². The lowest BCUT2D eigenvalue weighted by Crippen LogP contribution is -2.41. The summed E-state index contributed by atoms with van der Waals surface area (Å²) in [6, 6.07) is 7.14. The van der Waals surface area contributed by atoms with Crippen LogP contribution in [0, 0.1) is 5.92 Å². The number of hydrogen-bond acceptors (Lipinski definition) is 2. The highest BCUT2D eigenvalue weighted by atomic mass is 19.4. The number of alkyl halides is 9. The Balaban J connectivity index is 2.05. The molecular weight excluding hydrogens is 517 g/mol. The molecule has 0 amide bonds. The molecule has 1 fully saturated rings. The zero-order chi connectivity index (χ0) is 27.6. The lowest BCUT2D eigenvalue weighted by atomic mass is 9.87. The summed E-state index contributed by atoms with van der Waals surface area (Å²) in [6.07, 6.45) is -16.3. The second-order valence-corrected chi connectivity index (χ2v) is 9.09. The summed E-state index contributed by atoms with van der Waals surface area (Å²) in [7, 11) is 0. The van der Waals surface area contributed by atoms with E-state index in [2.05, 4.69) is 0 Å². The molecule has 12 heteroatoms. The van der Waals surface area contributed by atoms with Gasteiger partial charge < -0.3 is 5.11 Å². The van der Waals surface area contributed by atoms with Crippen molar-refractivity contribution in [3.05, 3.63) is 59.2 Å². The van der Waals surface area contributed by atoms with Gasteiger partial charge in [-0.3, -0.25) is 9.69 Å². The van der Waals surface area contributed by atoms with E-state index < -0.39 is 61.3 Å². The number of likely N-dealkylation sites (tertiary alicyclic amines) is 1. The Kier molecular flexibility index (Phi) is 8.50. The van der Waals surface area contributed by atoms with Crippen molar-refractivity contribution in [1.29, 1.82) is 0 Å². The fourth-order valence-corrected chi connectivity index (χ4v) is 4.64. The van der Waals surface area contributed by atoms with E-state index >= 15 is 0 Å². The lowest BCUT2D eigenvalue weighted by molar-refractivity contribution is -0.186. The molecule has 0 saturated carbocycles. The Hall–Kier alpha value is -2.76. The minimum atomic E-state index is -4.62. The number of carboxylic acids is 1. The topological polar surface area (TPSA) is 40.5 Å². The summed E-state index contributed by atoms with van der Waals surface area (Å²) in [5.41, 5.74) is 0.0671. The van der Waals surface area contributed by atoms with Gasteiger partial charge in [-0.25, -0.2) is 0 Å². The van der Waals surface area contributed by atoms with Crippen LogP contribution in [0.2, 0.25) is 0 Å². The molecule has 37 heavy (non-hydrogen) atoms. The summed E-state index contributed by atoms with van der Waals surface area (Å²) < 4.78 is 118. The molecule has 1 N–H and O–H groups in total. The lowest BCUT2D eigenvalue weighted by Gasteiger charge is -2.39. The number of halogens is 9. The molecule has 2 aromatic rings. The predicted octanol–water partition coefficient (Wildman–Crippen LogP) is 7.66. The van der Waals surface area contributed by atoms with E-state index in [4.69, 9.17) is 5.11 Å². The summed E-state index contributed by atoms with van der Waals surface area (Å²) in [4.78, 5) is 12.7. The SMILES string of the molecule is O=C(O)Cc1ccc(C(CCC(F)(F)F)N2CCC(C(F)(F)F)CC2)c(-c2ccc(C(F)(F)F)cc2)c1. The number of hydrogen-bond donors (Lipinski definition) is 1. The number of piperidine rings is 1. The maximum atomic E-state index is 13.2. The minimum Gasteiger partial charge on any atom is -0.481 e. The molecule has 1 unspecified atom stereocenters. The molecule has 0 aliphatic carbocycles. The van der Waals surface area contributed by atoms with Crippen molar-refractivity contribution >= 4 is 5.97 Å². The minimum absolute atomic E-state index is 0.115. The fraction of sp³-hybridized carbons (Fsp3) is 0.480. The molecule has 3 rings (SSSR count). The molecule has 1 atom stereocenters. The van der Waals surface area contributed by atoms with Gasteiger partial charge in [-0.05, 0) is 66.7 Å². The van der Waals surface area contributed by atoms with E-state index in [1.165, 1.54) is 23.1 Å². The number of aliphatic carboxylic acids is 1. The van der Waals surface area contributed by atoms with E-state index in [1.54, 1.807) is 0 Å². The number of carbonyl (C=O) groups is 1. The van der Waals surface area contributed by atoms with Crippen molar-refractivity contribution in [2.45, 2.75) is 56.7 Å². The van der Waals surface area contributed by atoms with Gasteiger partial charge in [-0.2, -0.15) is 39.5 Å². The van der Waals surface area contributed by atoms with Crippen LogP contribution in [-0.4, -0.2) is 41.4 Å². The molecule has 2 aromatic carbocycles. The highest BCUT2D eigenvalue weighted by molar-refractivity contribution is 5.74. The first-order valence-corrected chi connectivity index (χ1v) is 11.4. The summed E-state index contributed by atoms with van der Waals surface area (Å²) >= 11 is 0. The van der Waals surface area contributed by atoms with Crippen LogP contribution in [0.1, 0.15) is 48.4 Å². The van der Waals surface area contributed by atoms with Gasteiger partial charge in [0.25, 0.3) is 0 Å². The summed E-state index contributed by atoms with van der Waals surface area (Å²) in [5.74, 6) is -2.76. The van der Waals surface area contributed by atoms with E-state index in [1.807, 2.05) is 0 Å². The van der Waals surface area contributed by atoms with Crippen molar-refractivity contribution < 1.29 is 49.4 Å². The van der Waals surface area contributed by atoms with E-state index in [0.29, 0.717) is 0 Å². The zero-order valence-electron chi connectivity index (χ0n) is 19.4. The Bertz CT molecular complexity index is 1070. The van der Waals surface area contributed by atoms with Crippen LogP contribution < -0.4 is 0 Å². The van der Waals surface area contributed by atoms with Gasteiger partial charge in [0.05, 0.1) is 17.9 Å². The molecule has 204 valence electrons. The highest BCUT2D eigenvalue weighted by Crippen LogP contribution is 2.42. The summed E-state index contributed by atoms with van der Waals surface area (Å²) in [5, 5.41) is 9.15. The fourth-order valence-electron chi connectivity index (χ4n) is 4.64. The maximum Gasteiger partial charge on any atom is 0.416 e. The van der Waals surface area contributed by atoms with E-state index in [9.17, 15) is 44.3 Å². The molecule has 1 aliphatic heterocycles. The largest absolute Gasteiger partial charge is 0.481 e. The Morgan fingerprint density at radius 2 is 1.51 bits per heavy atom. The first kappa shape index (κ1) is 28.8. The Labute approximate surface area is 206 Å². The molecule has 3 nitrogen and oxygen atoms in total. The van der Waals surface area contributed by atoms with Crippen molar-refractivity contribution in [1.82, 2.24) is 4.90 Å². The number of rotatable bonds is 7. The van der Waals surface area contributed by atoms with Crippen molar-refractivity contribution in [2.75, 3.05) is 13.1 Å². The summed E-state index contributed by atoms with van der Waals surface area (Å²) in [6.45, 7) is -0.230. The third-order valence-corrected chi connectivity index (χ3v) is 6.49. The van der Waals surface area contributed by atoms with Gasteiger partial charge >= 0.3 is 24.5 Å². The van der Waals surface area contributed by atoms with Crippen LogP contribution in [0.25, 0.3) is 11.1 Å². The molecule has 0 spiro atoms. The maximum absolute atomic E-state index is 13.2. The average molecular weight is 541 g/mol. The molecule has 0 aromatic heterocycles. The van der Waals surface area contributed by atoms with Crippen molar-refractivity contribution in [3.63, 3.8) is 0 Å². The van der Waals surface area contributed by atoms with Crippen LogP contribution in [-0.2, 0) is 17.4 Å². The smallest absolute Gasteiger partial charge is 0.416 e. The monoisotopic (exact) mass is 541 g/mol. The van der Waals surface area contributed by atoms with Gasteiger partial charge in [0.15, 0.2) is 0 Å². The number of nitrogens with zero attached hydrogens (tertiary/aromatic N) is 1. The second kappa shape index (κ2) is 10.9. The molecule has 1 saturated heterocycles. The quantitative estimate of drug-likeness (QED) is 0.366. The number of benzene rings is 2. The van der Waals surface area contributed by atoms with Crippen molar-refractivity contribution in [2.24, 2.45) is 5.92 Å². The molecule has 0 radical (unpaired) electrons. The Morgan fingerprint density at radius 3 is 2.00 bits per heavy atom. The van der Waals surface area contributed by atoms with Crippen LogP contribution >= 0.6 is 0 Å². The average Bonchev–Trinajstić information content (AvgIpc) is 2.78. The normalized spacial score (nSPS) is 17.1. The highest BCUT2D eigenvalue weighted by Gasteiger charge is 2.42. The van der Waals surface area contributed by atoms with Crippen LogP contribution in [0.15, 0.2) is 42.5 Å². The van der Waals surface area contributed by atoms with Crippen LogP contribution in [0.5, 0.6) is 0 Å². The van der Waals surface area contributed by atoms with Gasteiger partial charge in [-0.1, -0.05) is 30.3 Å². The third kappa shape index (κ3) is 7.86. The molecular formula is C25H24F9NO2.